The van der Waals surface area contributed by atoms with E-state index in [9.17, 15) is 13.2 Å². The van der Waals surface area contributed by atoms with Crippen LogP contribution in [0.1, 0.15) is 41.1 Å². The molecule has 1 aliphatic rings. The topological polar surface area (TPSA) is 90.0 Å². The lowest BCUT2D eigenvalue weighted by atomic mass is 10.0. The zero-order valence-corrected chi connectivity index (χ0v) is 19.8. The zero-order chi connectivity index (χ0) is 22.8. The van der Waals surface area contributed by atoms with Gasteiger partial charge in [0, 0.05) is 39.2 Å². The number of hydrogen-bond acceptors (Lipinski definition) is 7. The second kappa shape index (κ2) is 9.68. The number of nitrogens with one attached hydrogen (secondary N) is 2. The van der Waals surface area contributed by atoms with Crippen molar-refractivity contribution in [1.29, 1.82) is 0 Å². The van der Waals surface area contributed by atoms with Gasteiger partial charge in [-0.25, -0.2) is 14.4 Å². The number of thiazole rings is 2. The van der Waals surface area contributed by atoms with Gasteiger partial charge in [0.05, 0.1) is 22.4 Å². The molecule has 1 unspecified atom stereocenters. The van der Waals surface area contributed by atoms with Crippen molar-refractivity contribution in [1.82, 2.24) is 9.97 Å². The SMILES string of the molecule is O=S([O-])Nc1ccc(C[C@H](Nc2nc(-c3ccc(F)cc3)cs2)c2csc(C3CC3)n2)cc1. The minimum Gasteiger partial charge on any atom is -0.755 e. The highest BCUT2D eigenvalue weighted by Gasteiger charge is 2.28. The van der Waals surface area contributed by atoms with E-state index in [0.29, 0.717) is 18.0 Å². The van der Waals surface area contributed by atoms with Gasteiger partial charge >= 0.3 is 0 Å². The number of rotatable bonds is 9. The number of benzene rings is 2. The van der Waals surface area contributed by atoms with Gasteiger partial charge in [0.2, 0.25) is 0 Å². The van der Waals surface area contributed by atoms with Gasteiger partial charge in [0.15, 0.2) is 5.13 Å². The molecule has 6 nitrogen and oxygen atoms in total. The molecule has 2 atom stereocenters. The molecule has 2 aromatic carbocycles. The third kappa shape index (κ3) is 5.64. The van der Waals surface area contributed by atoms with E-state index >= 15 is 0 Å². The molecule has 2 aromatic heterocycles. The van der Waals surface area contributed by atoms with Gasteiger partial charge in [-0.2, -0.15) is 0 Å². The summed E-state index contributed by atoms with van der Waals surface area (Å²) >= 11 is 0.848. The van der Waals surface area contributed by atoms with Gasteiger partial charge in [-0.3, -0.25) is 4.21 Å². The minimum absolute atomic E-state index is 0.0894. The quantitative estimate of drug-likeness (QED) is 0.281. The van der Waals surface area contributed by atoms with Crippen molar-refractivity contribution in [2.24, 2.45) is 0 Å². The fourth-order valence-corrected chi connectivity index (χ4v) is 5.64. The molecule has 0 aliphatic heterocycles. The number of anilines is 2. The standard InChI is InChI=1S/C23H21FN4O2S3/c24-17-7-5-15(6-8-17)20-12-32-23(27-20)26-19(21-13-31-22(25-21)16-3-4-16)11-14-1-9-18(10-2-14)28-33(29)30/h1-2,5-10,12-13,16,19,28H,3-4,11H2,(H,26,27)(H,29,30)/p-1/t19-/m0/s1. The molecule has 10 heteroatoms. The summed E-state index contributed by atoms with van der Waals surface area (Å²) in [6, 6.07) is 13.5. The van der Waals surface area contributed by atoms with E-state index < -0.39 is 11.3 Å². The summed E-state index contributed by atoms with van der Waals surface area (Å²) in [6.07, 6.45) is 3.07. The summed E-state index contributed by atoms with van der Waals surface area (Å²) in [5.74, 6) is 0.317. The maximum Gasteiger partial charge on any atom is 0.183 e. The second-order valence-corrected chi connectivity index (χ2v) is 10.3. The molecule has 1 saturated carbocycles. The lowest BCUT2D eigenvalue weighted by Crippen LogP contribution is -2.14. The Morgan fingerprint density at radius 3 is 2.52 bits per heavy atom. The molecule has 170 valence electrons. The van der Waals surface area contributed by atoms with Crippen molar-refractivity contribution in [2.45, 2.75) is 31.2 Å². The van der Waals surface area contributed by atoms with Gasteiger partial charge in [0.25, 0.3) is 0 Å². The molecular formula is C23H20FN4O2S3-. The molecule has 0 spiro atoms. The molecule has 0 bridgehead atoms. The largest absolute Gasteiger partial charge is 0.755 e. The fraction of sp³-hybridized carbons (Fsp3) is 0.217. The summed E-state index contributed by atoms with van der Waals surface area (Å²) in [5, 5.41) is 9.53. The van der Waals surface area contributed by atoms with E-state index in [-0.39, 0.29) is 11.9 Å². The molecule has 2 N–H and O–H groups in total. The molecule has 0 saturated heterocycles. The first-order valence-corrected chi connectivity index (χ1v) is 13.2. The first-order chi connectivity index (χ1) is 16.0. The Morgan fingerprint density at radius 2 is 1.82 bits per heavy atom. The van der Waals surface area contributed by atoms with Crippen molar-refractivity contribution in [3.63, 3.8) is 0 Å². The fourth-order valence-electron chi connectivity index (χ4n) is 3.49. The van der Waals surface area contributed by atoms with E-state index in [2.05, 4.69) is 15.4 Å². The van der Waals surface area contributed by atoms with Crippen molar-refractivity contribution < 1.29 is 13.2 Å². The van der Waals surface area contributed by atoms with Crippen LogP contribution in [0.15, 0.2) is 59.3 Å². The number of aromatic nitrogens is 2. The Bertz CT molecular complexity index is 1250. The molecule has 1 fully saturated rings. The van der Waals surface area contributed by atoms with Crippen LogP contribution in [-0.4, -0.2) is 18.7 Å². The van der Waals surface area contributed by atoms with Crippen LogP contribution < -0.4 is 10.0 Å². The average Bonchev–Trinajstić information content (AvgIpc) is 3.34. The maximum atomic E-state index is 13.3. The molecule has 4 aromatic rings. The Balaban J connectivity index is 1.37. The monoisotopic (exact) mass is 499 g/mol. The summed E-state index contributed by atoms with van der Waals surface area (Å²) in [5.41, 5.74) is 4.19. The van der Waals surface area contributed by atoms with E-state index in [1.165, 1.54) is 41.3 Å². The van der Waals surface area contributed by atoms with E-state index in [1.54, 1.807) is 35.6 Å². The van der Waals surface area contributed by atoms with Crippen molar-refractivity contribution in [3.05, 3.63) is 81.4 Å². The minimum atomic E-state index is -2.35. The highest BCUT2D eigenvalue weighted by molar-refractivity contribution is 7.80. The van der Waals surface area contributed by atoms with Crippen LogP contribution in [0.2, 0.25) is 0 Å². The van der Waals surface area contributed by atoms with Crippen molar-refractivity contribution in [2.75, 3.05) is 10.0 Å². The predicted octanol–water partition coefficient (Wildman–Crippen LogP) is 5.89. The predicted molar refractivity (Wildman–Crippen MR) is 131 cm³/mol. The summed E-state index contributed by atoms with van der Waals surface area (Å²) < 4.78 is 37.3. The number of hydrogen-bond donors (Lipinski definition) is 2. The Kier molecular flexibility index (Phi) is 6.50. The summed E-state index contributed by atoms with van der Waals surface area (Å²) in [7, 11) is 0. The maximum absolute atomic E-state index is 13.3. The highest BCUT2D eigenvalue weighted by Crippen LogP contribution is 2.42. The van der Waals surface area contributed by atoms with Gasteiger partial charge in [-0.1, -0.05) is 12.1 Å². The van der Waals surface area contributed by atoms with Gasteiger partial charge in [-0.05, 0) is 61.2 Å². The molecule has 0 amide bonds. The van der Waals surface area contributed by atoms with Gasteiger partial charge < -0.3 is 14.6 Å². The molecule has 33 heavy (non-hydrogen) atoms. The average molecular weight is 500 g/mol. The lowest BCUT2D eigenvalue weighted by Gasteiger charge is -2.17. The van der Waals surface area contributed by atoms with Gasteiger partial charge in [-0.15, -0.1) is 22.7 Å². The van der Waals surface area contributed by atoms with E-state index in [0.717, 1.165) is 27.6 Å². The Morgan fingerprint density at radius 1 is 1.06 bits per heavy atom. The highest BCUT2D eigenvalue weighted by atomic mass is 32.2. The van der Waals surface area contributed by atoms with Crippen LogP contribution in [0.4, 0.5) is 15.2 Å². The number of nitrogens with zero attached hydrogens (tertiary/aromatic N) is 2. The van der Waals surface area contributed by atoms with E-state index in [1.807, 2.05) is 17.5 Å². The first-order valence-electron chi connectivity index (χ1n) is 10.4. The first kappa shape index (κ1) is 22.1. The van der Waals surface area contributed by atoms with Crippen LogP contribution in [-0.2, 0) is 17.7 Å². The number of halogens is 1. The van der Waals surface area contributed by atoms with Crippen LogP contribution in [0.3, 0.4) is 0 Å². The smallest absolute Gasteiger partial charge is 0.183 e. The molecule has 5 rings (SSSR count). The molecular weight excluding hydrogens is 479 g/mol. The van der Waals surface area contributed by atoms with Crippen molar-refractivity contribution >= 4 is 44.8 Å². The molecule has 1 aliphatic carbocycles. The third-order valence-corrected chi connectivity index (χ3v) is 7.56. The van der Waals surface area contributed by atoms with Crippen LogP contribution in [0.25, 0.3) is 11.3 Å². The van der Waals surface area contributed by atoms with Crippen LogP contribution >= 0.6 is 22.7 Å². The summed E-state index contributed by atoms with van der Waals surface area (Å²) in [6.45, 7) is 0. The summed E-state index contributed by atoms with van der Waals surface area (Å²) in [4.78, 5) is 9.59. The second-order valence-electron chi connectivity index (χ2n) is 7.86. The van der Waals surface area contributed by atoms with Crippen LogP contribution in [0, 0.1) is 5.82 Å². The third-order valence-electron chi connectivity index (χ3n) is 5.36. The van der Waals surface area contributed by atoms with Crippen LogP contribution in [0.5, 0.6) is 0 Å². The Labute approximate surface area is 201 Å². The Hall–Kier alpha value is -2.66. The van der Waals surface area contributed by atoms with Gasteiger partial charge in [0.1, 0.15) is 5.82 Å². The molecule has 2 heterocycles. The normalized spacial score (nSPS) is 15.2. The van der Waals surface area contributed by atoms with Crippen molar-refractivity contribution in [3.8, 4) is 11.3 Å². The van der Waals surface area contributed by atoms with E-state index in [4.69, 9.17) is 9.97 Å². The zero-order valence-electron chi connectivity index (χ0n) is 17.4. The molecule has 0 radical (unpaired) electrons. The lowest BCUT2D eigenvalue weighted by molar-refractivity contribution is 0.542.